The minimum Gasteiger partial charge on any atom is -0.323 e. The average molecular weight is 300 g/mol. The predicted molar refractivity (Wildman–Crippen MR) is 87.0 cm³/mol. The number of alkyl halides is 1. The van der Waals surface area contributed by atoms with Crippen molar-refractivity contribution in [1.29, 1.82) is 0 Å². The van der Waals surface area contributed by atoms with Crippen molar-refractivity contribution in [3.63, 3.8) is 0 Å². The van der Waals surface area contributed by atoms with Gasteiger partial charge < -0.3 is 4.57 Å². The Balaban J connectivity index is 2.12. The molecule has 0 radical (unpaired) electrons. The van der Waals surface area contributed by atoms with Gasteiger partial charge in [0, 0.05) is 24.7 Å². The van der Waals surface area contributed by atoms with Gasteiger partial charge in [0.15, 0.2) is 0 Å². The Morgan fingerprint density at radius 3 is 2.81 bits per heavy atom. The number of hydrogen-bond acceptors (Lipinski definition) is 2. The van der Waals surface area contributed by atoms with Crippen molar-refractivity contribution in [2.24, 2.45) is 0 Å². The van der Waals surface area contributed by atoms with E-state index in [9.17, 15) is 0 Å². The SMILES string of the molecule is Cc1ccc2nc(CCCl)n(Cc3cnccc3C)c2c1. The summed E-state index contributed by atoms with van der Waals surface area (Å²) in [6, 6.07) is 8.40. The van der Waals surface area contributed by atoms with Crippen LogP contribution in [-0.4, -0.2) is 20.4 Å². The summed E-state index contributed by atoms with van der Waals surface area (Å²) >= 11 is 5.94. The molecular formula is C17H18ClN3. The highest BCUT2D eigenvalue weighted by atomic mass is 35.5. The van der Waals surface area contributed by atoms with Gasteiger partial charge in [-0.3, -0.25) is 4.98 Å². The third kappa shape index (κ3) is 2.79. The monoisotopic (exact) mass is 299 g/mol. The van der Waals surface area contributed by atoms with Crippen LogP contribution < -0.4 is 0 Å². The van der Waals surface area contributed by atoms with Gasteiger partial charge in [0.25, 0.3) is 0 Å². The third-order valence-electron chi connectivity index (χ3n) is 3.78. The summed E-state index contributed by atoms with van der Waals surface area (Å²) in [6.07, 6.45) is 4.53. The van der Waals surface area contributed by atoms with Crippen LogP contribution in [0.2, 0.25) is 0 Å². The number of fused-ring (bicyclic) bond motifs is 1. The minimum atomic E-state index is 0.578. The molecule has 2 heterocycles. The maximum atomic E-state index is 5.94. The zero-order valence-electron chi connectivity index (χ0n) is 12.3. The summed E-state index contributed by atoms with van der Waals surface area (Å²) in [4.78, 5) is 8.97. The molecule has 4 heteroatoms. The standard InChI is InChI=1S/C17H18ClN3/c1-12-3-4-15-16(9-12)21(17(20-15)5-7-18)11-14-10-19-8-6-13(14)2/h3-4,6,8-10H,5,7,11H2,1-2H3. The highest BCUT2D eigenvalue weighted by molar-refractivity contribution is 6.17. The van der Waals surface area contributed by atoms with Crippen LogP contribution in [0.1, 0.15) is 22.5 Å². The zero-order chi connectivity index (χ0) is 14.8. The lowest BCUT2D eigenvalue weighted by Gasteiger charge is -2.10. The van der Waals surface area contributed by atoms with Crippen LogP contribution in [0, 0.1) is 13.8 Å². The lowest BCUT2D eigenvalue weighted by atomic mass is 10.1. The van der Waals surface area contributed by atoms with E-state index in [4.69, 9.17) is 16.6 Å². The van der Waals surface area contributed by atoms with Gasteiger partial charge in [-0.25, -0.2) is 4.98 Å². The molecule has 108 valence electrons. The first kappa shape index (κ1) is 14.1. The Morgan fingerprint density at radius 2 is 2.05 bits per heavy atom. The largest absolute Gasteiger partial charge is 0.323 e. The van der Waals surface area contributed by atoms with Crippen LogP contribution in [-0.2, 0) is 13.0 Å². The first-order valence-electron chi connectivity index (χ1n) is 7.10. The molecule has 0 bridgehead atoms. The van der Waals surface area contributed by atoms with E-state index < -0.39 is 0 Å². The van der Waals surface area contributed by atoms with E-state index in [0.717, 1.165) is 24.3 Å². The molecule has 0 amide bonds. The fourth-order valence-electron chi connectivity index (χ4n) is 2.57. The van der Waals surface area contributed by atoms with Crippen molar-refractivity contribution in [3.05, 3.63) is 59.2 Å². The number of nitrogens with zero attached hydrogens (tertiary/aromatic N) is 3. The normalized spacial score (nSPS) is 11.2. The van der Waals surface area contributed by atoms with Gasteiger partial charge in [-0.05, 0) is 48.7 Å². The van der Waals surface area contributed by atoms with E-state index in [1.54, 1.807) is 0 Å². The molecule has 0 fully saturated rings. The maximum Gasteiger partial charge on any atom is 0.111 e. The summed E-state index contributed by atoms with van der Waals surface area (Å²) < 4.78 is 2.26. The van der Waals surface area contributed by atoms with E-state index in [-0.39, 0.29) is 0 Å². The molecule has 3 rings (SSSR count). The van der Waals surface area contributed by atoms with Crippen LogP contribution in [0.3, 0.4) is 0 Å². The van der Waals surface area contributed by atoms with Crippen molar-refractivity contribution >= 4 is 22.6 Å². The molecule has 3 aromatic rings. The van der Waals surface area contributed by atoms with Crippen molar-refractivity contribution in [2.75, 3.05) is 5.88 Å². The number of imidazole rings is 1. The van der Waals surface area contributed by atoms with E-state index in [2.05, 4.69) is 41.6 Å². The lowest BCUT2D eigenvalue weighted by molar-refractivity contribution is 0.748. The van der Waals surface area contributed by atoms with Gasteiger partial charge >= 0.3 is 0 Å². The second-order valence-electron chi connectivity index (χ2n) is 5.35. The smallest absolute Gasteiger partial charge is 0.111 e. The summed E-state index contributed by atoms with van der Waals surface area (Å²) in [5, 5.41) is 0. The Hall–Kier alpha value is -1.87. The molecule has 0 saturated carbocycles. The first-order valence-corrected chi connectivity index (χ1v) is 7.63. The number of benzene rings is 1. The van der Waals surface area contributed by atoms with Crippen molar-refractivity contribution in [1.82, 2.24) is 14.5 Å². The van der Waals surface area contributed by atoms with Gasteiger partial charge in [0.2, 0.25) is 0 Å². The van der Waals surface area contributed by atoms with Crippen LogP contribution in [0.4, 0.5) is 0 Å². The Bertz CT molecular complexity index is 777. The molecular weight excluding hydrogens is 282 g/mol. The van der Waals surface area contributed by atoms with Gasteiger partial charge in [0.1, 0.15) is 5.82 Å². The molecule has 0 aliphatic carbocycles. The molecule has 0 aliphatic rings. The third-order valence-corrected chi connectivity index (χ3v) is 3.97. The lowest BCUT2D eigenvalue weighted by Crippen LogP contribution is -2.07. The van der Waals surface area contributed by atoms with Crippen LogP contribution >= 0.6 is 11.6 Å². The second kappa shape index (κ2) is 5.86. The maximum absolute atomic E-state index is 5.94. The Kier molecular flexibility index (Phi) is 3.93. The number of aryl methyl sites for hydroxylation is 3. The van der Waals surface area contributed by atoms with Crippen LogP contribution in [0.5, 0.6) is 0 Å². The van der Waals surface area contributed by atoms with Crippen LogP contribution in [0.25, 0.3) is 11.0 Å². The van der Waals surface area contributed by atoms with E-state index >= 15 is 0 Å². The fourth-order valence-corrected chi connectivity index (χ4v) is 2.74. The molecule has 0 aliphatic heterocycles. The molecule has 2 aromatic heterocycles. The van der Waals surface area contributed by atoms with E-state index in [0.29, 0.717) is 5.88 Å². The fraction of sp³-hybridized carbons (Fsp3) is 0.294. The summed E-state index contributed by atoms with van der Waals surface area (Å²) in [5.41, 5.74) is 5.90. The Morgan fingerprint density at radius 1 is 1.19 bits per heavy atom. The van der Waals surface area contributed by atoms with Gasteiger partial charge in [-0.15, -0.1) is 11.6 Å². The number of pyridine rings is 1. The molecule has 0 spiro atoms. The van der Waals surface area contributed by atoms with Crippen molar-refractivity contribution in [3.8, 4) is 0 Å². The molecule has 1 aromatic carbocycles. The topological polar surface area (TPSA) is 30.7 Å². The first-order chi connectivity index (χ1) is 10.2. The van der Waals surface area contributed by atoms with E-state index in [1.165, 1.54) is 22.2 Å². The summed E-state index contributed by atoms with van der Waals surface area (Å²) in [6.45, 7) is 5.00. The number of aromatic nitrogens is 3. The van der Waals surface area contributed by atoms with Gasteiger partial charge in [0.05, 0.1) is 17.6 Å². The number of hydrogen-bond donors (Lipinski definition) is 0. The van der Waals surface area contributed by atoms with Crippen molar-refractivity contribution in [2.45, 2.75) is 26.8 Å². The van der Waals surface area contributed by atoms with Gasteiger partial charge in [-0.1, -0.05) is 6.07 Å². The summed E-state index contributed by atoms with van der Waals surface area (Å²) in [7, 11) is 0. The molecule has 21 heavy (non-hydrogen) atoms. The quantitative estimate of drug-likeness (QED) is 0.685. The Labute approximate surface area is 129 Å². The highest BCUT2D eigenvalue weighted by Gasteiger charge is 2.12. The summed E-state index contributed by atoms with van der Waals surface area (Å²) in [5.74, 6) is 1.61. The molecule has 0 atom stereocenters. The number of halogens is 1. The van der Waals surface area contributed by atoms with Crippen LogP contribution in [0.15, 0.2) is 36.7 Å². The highest BCUT2D eigenvalue weighted by Crippen LogP contribution is 2.21. The minimum absolute atomic E-state index is 0.578. The molecule has 3 nitrogen and oxygen atoms in total. The predicted octanol–water partition coefficient (Wildman–Crippen LogP) is 3.88. The number of rotatable bonds is 4. The zero-order valence-corrected chi connectivity index (χ0v) is 13.1. The van der Waals surface area contributed by atoms with E-state index in [1.807, 2.05) is 18.5 Å². The molecule has 0 unspecified atom stereocenters. The second-order valence-corrected chi connectivity index (χ2v) is 5.73. The molecule has 0 saturated heterocycles. The average Bonchev–Trinajstić information content (AvgIpc) is 2.79. The molecule has 0 N–H and O–H groups in total. The van der Waals surface area contributed by atoms with Gasteiger partial charge in [-0.2, -0.15) is 0 Å². The van der Waals surface area contributed by atoms with Crippen molar-refractivity contribution < 1.29 is 0 Å².